The first-order valence-corrected chi connectivity index (χ1v) is 13.7. The van der Waals surface area contributed by atoms with Crippen LogP contribution in [0.25, 0.3) is 33.2 Å². The third-order valence-corrected chi connectivity index (χ3v) is 8.41. The number of carbonyl (C=O) groups excluding carboxylic acids is 1. The Labute approximate surface area is 234 Å². The fourth-order valence-corrected chi connectivity index (χ4v) is 6.47. The summed E-state index contributed by atoms with van der Waals surface area (Å²) in [6.07, 6.45) is 5.55. The number of ether oxygens (including phenoxy) is 1. The van der Waals surface area contributed by atoms with Crippen LogP contribution in [0.5, 0.6) is 0 Å². The number of hydrogen-bond donors (Lipinski definition) is 2. The van der Waals surface area contributed by atoms with Gasteiger partial charge >= 0.3 is 6.09 Å². The number of alkyl carbamates (subject to hydrolysis) is 1. The quantitative estimate of drug-likeness (QED) is 0.293. The molecule has 2 bridgehead atoms. The van der Waals surface area contributed by atoms with E-state index >= 15 is 4.39 Å². The van der Waals surface area contributed by atoms with Gasteiger partial charge in [0.2, 0.25) is 0 Å². The molecule has 7 rings (SSSR count). The zero-order valence-corrected chi connectivity index (χ0v) is 22.5. The minimum absolute atomic E-state index is 0.0417. The van der Waals surface area contributed by atoms with Crippen molar-refractivity contribution in [3.8, 4) is 11.1 Å². The molecule has 2 aromatic carbocycles. The second kappa shape index (κ2) is 9.78. The molecule has 5 heterocycles. The molecule has 11 heteroatoms. The number of nitrogens with zero attached hydrogens (tertiary/aromatic N) is 5. The number of fused-ring (bicyclic) bond motifs is 4. The average Bonchev–Trinajstić information content (AvgIpc) is 3.65. The monoisotopic (exact) mass is 559 g/mol. The van der Waals surface area contributed by atoms with Gasteiger partial charge in [-0.3, -0.25) is 4.68 Å². The summed E-state index contributed by atoms with van der Waals surface area (Å²) in [6, 6.07) is 12.3. The molecule has 1 amide bonds. The summed E-state index contributed by atoms with van der Waals surface area (Å²) in [4.78, 5) is 27.2. The second-order valence-corrected chi connectivity index (χ2v) is 10.9. The first-order chi connectivity index (χ1) is 19.5. The van der Waals surface area contributed by atoms with Crippen molar-refractivity contribution >= 4 is 45.6 Å². The maximum atomic E-state index is 15.7. The van der Waals surface area contributed by atoms with Crippen LogP contribution in [0.3, 0.4) is 0 Å². The van der Waals surface area contributed by atoms with E-state index in [2.05, 4.69) is 15.4 Å². The summed E-state index contributed by atoms with van der Waals surface area (Å²) in [5.74, 6) is 0.620. The summed E-state index contributed by atoms with van der Waals surface area (Å²) in [7, 11) is 1.86. The van der Waals surface area contributed by atoms with Crippen LogP contribution in [0, 0.1) is 0 Å². The molecule has 2 saturated heterocycles. The fraction of sp³-hybridized carbons (Fsp3) is 0.310. The van der Waals surface area contributed by atoms with Crippen molar-refractivity contribution in [3.05, 3.63) is 71.6 Å². The zero-order chi connectivity index (χ0) is 27.4. The number of anilines is 1. The van der Waals surface area contributed by atoms with Crippen LogP contribution in [-0.2, 0) is 18.4 Å². The lowest BCUT2D eigenvalue weighted by molar-refractivity contribution is 0.117. The van der Waals surface area contributed by atoms with E-state index in [0.717, 1.165) is 34.0 Å². The highest BCUT2D eigenvalue weighted by molar-refractivity contribution is 6.38. The lowest BCUT2D eigenvalue weighted by Gasteiger charge is -2.41. The summed E-state index contributed by atoms with van der Waals surface area (Å²) < 4.78 is 22.8. The van der Waals surface area contributed by atoms with Gasteiger partial charge in [0.1, 0.15) is 24.1 Å². The summed E-state index contributed by atoms with van der Waals surface area (Å²) in [5, 5.41) is 8.65. The normalized spacial score (nSPS) is 22.2. The Morgan fingerprint density at radius 2 is 2.05 bits per heavy atom. The number of aromatic amines is 1. The van der Waals surface area contributed by atoms with Gasteiger partial charge in [0.15, 0.2) is 5.65 Å². The molecule has 0 spiro atoms. The lowest BCUT2D eigenvalue weighted by Crippen LogP contribution is -2.58. The number of amides is 1. The Balaban J connectivity index is 1.09. The molecule has 3 aromatic heterocycles. The third kappa shape index (κ3) is 4.23. The van der Waals surface area contributed by atoms with E-state index in [9.17, 15) is 4.79 Å². The Morgan fingerprint density at radius 1 is 1.20 bits per heavy atom. The molecule has 0 radical (unpaired) electrons. The Morgan fingerprint density at radius 3 is 2.90 bits per heavy atom. The number of rotatable bonds is 5. The number of piperidine rings is 1. The maximum absolute atomic E-state index is 15.7. The highest BCUT2D eigenvalue weighted by Gasteiger charge is 2.49. The number of alkyl halides is 1. The molecule has 0 aliphatic carbocycles. The topological polar surface area (TPSA) is 101 Å². The summed E-state index contributed by atoms with van der Waals surface area (Å²) in [5.41, 5.74) is 4.68. The van der Waals surface area contributed by atoms with E-state index in [1.165, 1.54) is 0 Å². The van der Waals surface area contributed by atoms with E-state index in [-0.39, 0.29) is 12.6 Å². The molecule has 9 nitrogen and oxygen atoms in total. The molecular weight excluding hydrogens is 533 g/mol. The van der Waals surface area contributed by atoms with Gasteiger partial charge in [0, 0.05) is 42.0 Å². The van der Waals surface area contributed by atoms with Gasteiger partial charge in [-0.05, 0) is 30.9 Å². The van der Waals surface area contributed by atoms with E-state index in [4.69, 9.17) is 26.3 Å². The molecule has 0 saturated carbocycles. The van der Waals surface area contributed by atoms with Gasteiger partial charge in [-0.25, -0.2) is 19.2 Å². The van der Waals surface area contributed by atoms with Crippen LogP contribution >= 0.6 is 11.6 Å². The lowest BCUT2D eigenvalue weighted by atomic mass is 9.95. The van der Waals surface area contributed by atoms with Crippen molar-refractivity contribution in [1.82, 2.24) is 30.0 Å². The van der Waals surface area contributed by atoms with Crippen LogP contribution in [-0.4, -0.2) is 55.1 Å². The van der Waals surface area contributed by atoms with Gasteiger partial charge in [-0.2, -0.15) is 5.10 Å². The van der Waals surface area contributed by atoms with Gasteiger partial charge in [0.05, 0.1) is 28.8 Å². The number of hydrogen-bond acceptors (Lipinski definition) is 6. The second-order valence-electron chi connectivity index (χ2n) is 10.5. The maximum Gasteiger partial charge on any atom is 0.407 e. The molecule has 2 aliphatic rings. The molecule has 2 N–H and O–H groups in total. The van der Waals surface area contributed by atoms with Crippen LogP contribution < -0.4 is 10.2 Å². The third-order valence-electron chi connectivity index (χ3n) is 8.00. The Bertz CT molecular complexity index is 1720. The predicted molar refractivity (Wildman–Crippen MR) is 151 cm³/mol. The number of halogens is 2. The smallest absolute Gasteiger partial charge is 0.407 e. The van der Waals surface area contributed by atoms with Crippen molar-refractivity contribution in [1.29, 1.82) is 0 Å². The van der Waals surface area contributed by atoms with Crippen molar-refractivity contribution in [3.63, 3.8) is 0 Å². The fourth-order valence-electron chi connectivity index (χ4n) is 6.16. The van der Waals surface area contributed by atoms with Gasteiger partial charge < -0.3 is 19.9 Å². The van der Waals surface area contributed by atoms with E-state index in [1.54, 1.807) is 10.9 Å². The van der Waals surface area contributed by atoms with Crippen LogP contribution in [0.2, 0.25) is 5.02 Å². The number of carbonyl (C=O) groups is 1. The van der Waals surface area contributed by atoms with E-state index in [1.807, 2.05) is 66.8 Å². The minimum atomic E-state index is -1.26. The van der Waals surface area contributed by atoms with Crippen molar-refractivity contribution in [2.75, 3.05) is 4.90 Å². The highest BCUT2D eigenvalue weighted by Crippen LogP contribution is 2.41. The van der Waals surface area contributed by atoms with Crippen molar-refractivity contribution in [2.24, 2.45) is 7.05 Å². The van der Waals surface area contributed by atoms with Gasteiger partial charge in [0.25, 0.3) is 0 Å². The molecule has 2 aliphatic heterocycles. The standard InChI is InChI=1S/C29H27ClFN7O2/c1-37-14-20-21(36-37)9-8-18(25(20)30)19-12-33-28-27(19)32-13-24(35-28)38-17-7-10-23(38)26(31)22(11-17)34-29(39)40-15-16-5-3-2-4-6-16/h2-6,8-9,12-14,17,22-23,26H,7,10-11,15H2,1H3,(H,33,35)(H,34,39)/t17-,22-,23+,26-/m0/s1. The van der Waals surface area contributed by atoms with Crippen molar-refractivity contribution in [2.45, 2.75) is 50.2 Å². The van der Waals surface area contributed by atoms with Crippen LogP contribution in [0.4, 0.5) is 15.0 Å². The number of benzene rings is 2. The highest BCUT2D eigenvalue weighted by atomic mass is 35.5. The van der Waals surface area contributed by atoms with Crippen LogP contribution in [0.15, 0.2) is 61.1 Å². The Hall–Kier alpha value is -4.18. The summed E-state index contributed by atoms with van der Waals surface area (Å²) >= 11 is 6.76. The molecular formula is C29H27ClFN7O2. The number of aromatic nitrogens is 5. The van der Waals surface area contributed by atoms with E-state index < -0.39 is 24.3 Å². The van der Waals surface area contributed by atoms with Gasteiger partial charge in [-0.15, -0.1) is 0 Å². The van der Waals surface area contributed by atoms with Crippen LogP contribution in [0.1, 0.15) is 24.8 Å². The molecule has 5 aromatic rings. The minimum Gasteiger partial charge on any atom is -0.445 e. The molecule has 0 unspecified atom stereocenters. The van der Waals surface area contributed by atoms with E-state index in [0.29, 0.717) is 34.8 Å². The largest absolute Gasteiger partial charge is 0.445 e. The predicted octanol–water partition coefficient (Wildman–Crippen LogP) is 5.54. The Kier molecular flexibility index (Phi) is 6.07. The SMILES string of the molecule is Cn1cc2c(Cl)c(-c3c[nH]c4nc(N5[C@H]6CC[C@@H]5[C@@H](F)[C@@H](NC(=O)OCc5ccccc5)C6)cnc34)ccc2n1. The summed E-state index contributed by atoms with van der Waals surface area (Å²) in [6.45, 7) is 0.143. The number of nitrogens with one attached hydrogen (secondary N) is 2. The molecule has 4 atom stereocenters. The van der Waals surface area contributed by atoms with Crippen molar-refractivity contribution < 1.29 is 13.9 Å². The first-order valence-electron chi connectivity index (χ1n) is 13.3. The molecule has 204 valence electrons. The van der Waals surface area contributed by atoms with Gasteiger partial charge in [-0.1, -0.05) is 48.0 Å². The average molecular weight is 560 g/mol. The zero-order valence-electron chi connectivity index (χ0n) is 21.7. The number of aryl methyl sites for hydroxylation is 1. The molecule has 40 heavy (non-hydrogen) atoms. The first kappa shape index (κ1) is 24.8. The molecule has 2 fully saturated rings. The number of H-pyrrole nitrogens is 1.